The third-order valence-electron chi connectivity index (χ3n) is 1.74. The molecule has 1 N–H and O–H groups in total. The van der Waals surface area contributed by atoms with Gasteiger partial charge in [0.15, 0.2) is 0 Å². The minimum atomic E-state index is -5.26. The molecule has 1 aliphatic rings. The molecule has 0 spiro atoms. The molecule has 1 aliphatic heterocycles. The molecule has 0 unspecified atom stereocenters. The van der Waals surface area contributed by atoms with E-state index in [9.17, 15) is 26.3 Å². The summed E-state index contributed by atoms with van der Waals surface area (Å²) in [4.78, 5) is 0. The Hall–Kier alpha value is -0.110. The fourth-order valence-electron chi connectivity index (χ4n) is 1.01. The quantitative estimate of drug-likeness (QED) is 0.502. The number of halogens is 6. The van der Waals surface area contributed by atoms with Crippen LogP contribution in [0.25, 0.3) is 0 Å². The van der Waals surface area contributed by atoms with Gasteiger partial charge in [0.2, 0.25) is 4.75 Å². The van der Waals surface area contributed by atoms with Crippen LogP contribution in [0.15, 0.2) is 0 Å². The third-order valence-corrected chi connectivity index (χ3v) is 3.11. The molecule has 0 radical (unpaired) electrons. The van der Waals surface area contributed by atoms with Gasteiger partial charge in [-0.25, -0.2) is 0 Å². The van der Waals surface area contributed by atoms with Gasteiger partial charge in [0, 0.05) is 6.54 Å². The summed E-state index contributed by atoms with van der Waals surface area (Å²) in [6.45, 7) is -0.288. The van der Waals surface area contributed by atoms with Gasteiger partial charge in [-0.3, -0.25) is 4.72 Å². The normalized spacial score (nSPS) is 23.5. The standard InChI is InChI=1S/C5H5F6NS/c6-4(7,8)3(5(9,10)11)1-2-12-13-3/h12H,1-2H2. The maximum absolute atomic E-state index is 12.1. The molecule has 1 saturated heterocycles. The van der Waals surface area contributed by atoms with Crippen LogP contribution in [0.2, 0.25) is 0 Å². The van der Waals surface area contributed by atoms with Crippen LogP contribution < -0.4 is 4.72 Å². The van der Waals surface area contributed by atoms with Crippen molar-refractivity contribution in [2.45, 2.75) is 23.5 Å². The van der Waals surface area contributed by atoms with Crippen LogP contribution in [-0.2, 0) is 0 Å². The molecule has 8 heteroatoms. The highest BCUT2D eigenvalue weighted by atomic mass is 32.2. The van der Waals surface area contributed by atoms with Crippen LogP contribution >= 0.6 is 11.9 Å². The van der Waals surface area contributed by atoms with Gasteiger partial charge in [0.25, 0.3) is 0 Å². The molecule has 0 aromatic rings. The van der Waals surface area contributed by atoms with Crippen LogP contribution in [-0.4, -0.2) is 23.6 Å². The van der Waals surface area contributed by atoms with E-state index in [2.05, 4.69) is 0 Å². The van der Waals surface area contributed by atoms with Crippen LogP contribution in [0.3, 0.4) is 0 Å². The molecular formula is C5H5F6NS. The molecule has 0 atom stereocenters. The Kier molecular flexibility index (Phi) is 2.48. The lowest BCUT2D eigenvalue weighted by molar-refractivity contribution is -0.263. The first kappa shape index (κ1) is 11.0. The summed E-state index contributed by atoms with van der Waals surface area (Å²) < 4.78 is 71.2. The monoisotopic (exact) mass is 225 g/mol. The molecule has 0 bridgehead atoms. The van der Waals surface area contributed by atoms with E-state index in [0.29, 0.717) is 0 Å². The van der Waals surface area contributed by atoms with Gasteiger partial charge in [-0.1, -0.05) is 11.9 Å². The molecule has 0 aliphatic carbocycles. The second-order valence-corrected chi connectivity index (χ2v) is 3.76. The highest BCUT2D eigenvalue weighted by molar-refractivity contribution is 7.99. The maximum Gasteiger partial charge on any atom is 0.413 e. The van der Waals surface area contributed by atoms with Crippen molar-refractivity contribution in [3.63, 3.8) is 0 Å². The van der Waals surface area contributed by atoms with Gasteiger partial charge in [-0.2, -0.15) is 26.3 Å². The number of hydrogen-bond donors (Lipinski definition) is 1. The van der Waals surface area contributed by atoms with Crippen LogP contribution in [0, 0.1) is 0 Å². The van der Waals surface area contributed by atoms with E-state index in [-0.39, 0.29) is 18.5 Å². The van der Waals surface area contributed by atoms with Crippen molar-refractivity contribution < 1.29 is 26.3 Å². The number of nitrogens with one attached hydrogen (secondary N) is 1. The van der Waals surface area contributed by atoms with Crippen molar-refractivity contribution in [3.8, 4) is 0 Å². The van der Waals surface area contributed by atoms with Gasteiger partial charge in [-0.15, -0.1) is 0 Å². The zero-order valence-corrected chi connectivity index (χ0v) is 6.91. The number of rotatable bonds is 0. The molecule has 0 amide bonds. The molecular weight excluding hydrogens is 220 g/mol. The Balaban J connectivity index is 3.02. The Bertz CT molecular complexity index is 174. The molecule has 1 heterocycles. The fraction of sp³-hybridized carbons (Fsp3) is 1.00. The third kappa shape index (κ3) is 1.61. The lowest BCUT2D eigenvalue weighted by Crippen LogP contribution is -2.52. The Morgan fingerprint density at radius 1 is 1.00 bits per heavy atom. The lowest BCUT2D eigenvalue weighted by Gasteiger charge is -2.31. The van der Waals surface area contributed by atoms with Crippen LogP contribution in [0.1, 0.15) is 6.42 Å². The summed E-state index contributed by atoms with van der Waals surface area (Å²) >= 11 is -0.296. The molecule has 78 valence electrons. The fourth-order valence-corrected chi connectivity index (χ4v) is 1.90. The van der Waals surface area contributed by atoms with Gasteiger partial charge in [-0.05, 0) is 6.42 Å². The minimum absolute atomic E-state index is 0.288. The first-order valence-electron chi connectivity index (χ1n) is 3.25. The zero-order valence-electron chi connectivity index (χ0n) is 6.09. The Morgan fingerprint density at radius 2 is 1.46 bits per heavy atom. The molecule has 1 nitrogen and oxygen atoms in total. The molecule has 1 fully saturated rings. The predicted octanol–water partition coefficient (Wildman–Crippen LogP) is 2.49. The highest BCUT2D eigenvalue weighted by Gasteiger charge is 2.72. The molecule has 0 aromatic carbocycles. The summed E-state index contributed by atoms with van der Waals surface area (Å²) in [7, 11) is 0. The maximum atomic E-state index is 12.1. The van der Waals surface area contributed by atoms with Crippen LogP contribution in [0.4, 0.5) is 26.3 Å². The highest BCUT2D eigenvalue weighted by Crippen LogP contribution is 2.55. The van der Waals surface area contributed by atoms with E-state index in [1.165, 1.54) is 0 Å². The summed E-state index contributed by atoms with van der Waals surface area (Å²) in [6.07, 6.45) is -11.5. The smallest absolute Gasteiger partial charge is 0.263 e. The van der Waals surface area contributed by atoms with E-state index in [4.69, 9.17) is 0 Å². The van der Waals surface area contributed by atoms with Crippen molar-refractivity contribution in [3.05, 3.63) is 0 Å². The topological polar surface area (TPSA) is 12.0 Å². The summed E-state index contributed by atoms with van der Waals surface area (Å²) in [5.74, 6) is 0. The van der Waals surface area contributed by atoms with Crippen LogP contribution in [0.5, 0.6) is 0 Å². The van der Waals surface area contributed by atoms with Gasteiger partial charge in [0.05, 0.1) is 0 Å². The number of hydrogen-bond acceptors (Lipinski definition) is 2. The molecule has 0 saturated carbocycles. The predicted molar refractivity (Wildman–Crippen MR) is 35.1 cm³/mol. The first-order valence-corrected chi connectivity index (χ1v) is 4.07. The van der Waals surface area contributed by atoms with Crippen molar-refractivity contribution in [2.24, 2.45) is 0 Å². The van der Waals surface area contributed by atoms with Gasteiger partial charge in [0.1, 0.15) is 0 Å². The Labute approximate surface area is 74.0 Å². The van der Waals surface area contributed by atoms with Crippen molar-refractivity contribution in [1.82, 2.24) is 4.72 Å². The van der Waals surface area contributed by atoms with Crippen molar-refractivity contribution >= 4 is 11.9 Å². The van der Waals surface area contributed by atoms with E-state index in [0.717, 1.165) is 0 Å². The minimum Gasteiger partial charge on any atom is -0.263 e. The van der Waals surface area contributed by atoms with Crippen molar-refractivity contribution in [2.75, 3.05) is 6.54 Å². The average Bonchev–Trinajstić information content (AvgIpc) is 2.28. The largest absolute Gasteiger partial charge is 0.413 e. The SMILES string of the molecule is FC(F)(F)C1(C(F)(F)F)CCNS1. The second kappa shape index (κ2) is 2.94. The second-order valence-electron chi connectivity index (χ2n) is 2.57. The van der Waals surface area contributed by atoms with E-state index < -0.39 is 23.5 Å². The van der Waals surface area contributed by atoms with Gasteiger partial charge < -0.3 is 0 Å². The zero-order chi connectivity index (χ0) is 10.3. The van der Waals surface area contributed by atoms with E-state index >= 15 is 0 Å². The van der Waals surface area contributed by atoms with E-state index in [1.54, 1.807) is 0 Å². The lowest BCUT2D eigenvalue weighted by atomic mass is 10.0. The number of alkyl halides is 6. The van der Waals surface area contributed by atoms with Crippen molar-refractivity contribution in [1.29, 1.82) is 0 Å². The molecule has 13 heavy (non-hydrogen) atoms. The summed E-state index contributed by atoms with van der Waals surface area (Å²) in [5, 5.41) is 0. The van der Waals surface area contributed by atoms with Gasteiger partial charge >= 0.3 is 12.4 Å². The first-order chi connectivity index (χ1) is 5.71. The molecule has 0 aromatic heterocycles. The van der Waals surface area contributed by atoms with E-state index in [1.807, 2.05) is 4.72 Å². The summed E-state index contributed by atoms with van der Waals surface area (Å²) in [6, 6.07) is 0. The molecule has 1 rings (SSSR count). The average molecular weight is 225 g/mol. The Morgan fingerprint density at radius 3 is 1.62 bits per heavy atom. The summed E-state index contributed by atoms with van der Waals surface area (Å²) in [5.41, 5.74) is 0.